The maximum absolute atomic E-state index is 9.19. The zero-order chi connectivity index (χ0) is 11.7. The molecule has 0 aromatic heterocycles. The first-order chi connectivity index (χ1) is 7.61. The Balaban J connectivity index is 2.29. The van der Waals surface area contributed by atoms with Crippen LogP contribution in [0.3, 0.4) is 0 Å². The lowest BCUT2D eigenvalue weighted by Gasteiger charge is -2.16. The molecule has 1 saturated heterocycles. The molecule has 1 N–H and O–H groups in total. The van der Waals surface area contributed by atoms with E-state index in [1.807, 2.05) is 0 Å². The molecular weight excluding hydrogens is 251 g/mol. The van der Waals surface area contributed by atoms with E-state index in [-0.39, 0.29) is 25.1 Å². The molecule has 88 valence electrons. The third kappa shape index (κ3) is 2.34. The van der Waals surface area contributed by atoms with Gasteiger partial charge in [0.15, 0.2) is 6.29 Å². The Labute approximate surface area is 104 Å². The van der Waals surface area contributed by atoms with E-state index >= 15 is 0 Å². The summed E-state index contributed by atoms with van der Waals surface area (Å²) in [6, 6.07) is 5.18. The summed E-state index contributed by atoms with van der Waals surface area (Å²) < 4.78 is 11.0. The molecule has 3 nitrogen and oxygen atoms in total. The van der Waals surface area contributed by atoms with Gasteiger partial charge in [0.1, 0.15) is 12.2 Å². The summed E-state index contributed by atoms with van der Waals surface area (Å²) in [5.74, 6) is 0. The molecular formula is C11H12Cl2O3. The Morgan fingerprint density at radius 3 is 2.69 bits per heavy atom. The van der Waals surface area contributed by atoms with Crippen LogP contribution in [0.1, 0.15) is 18.6 Å². The molecule has 0 spiro atoms. The predicted molar refractivity (Wildman–Crippen MR) is 61.7 cm³/mol. The fraction of sp³-hybridized carbons (Fsp3) is 0.455. The summed E-state index contributed by atoms with van der Waals surface area (Å²) >= 11 is 11.9. The van der Waals surface area contributed by atoms with Crippen LogP contribution in [0.2, 0.25) is 10.0 Å². The van der Waals surface area contributed by atoms with Gasteiger partial charge in [-0.05, 0) is 19.1 Å². The minimum atomic E-state index is -0.381. The summed E-state index contributed by atoms with van der Waals surface area (Å²) in [6.07, 6.45) is -1.06. The lowest BCUT2D eigenvalue weighted by molar-refractivity contribution is -0.0563. The van der Waals surface area contributed by atoms with E-state index < -0.39 is 0 Å². The van der Waals surface area contributed by atoms with Gasteiger partial charge in [-0.3, -0.25) is 0 Å². The van der Waals surface area contributed by atoms with E-state index in [1.165, 1.54) is 0 Å². The highest BCUT2D eigenvalue weighted by Crippen LogP contribution is 2.36. The van der Waals surface area contributed by atoms with Gasteiger partial charge >= 0.3 is 0 Å². The standard InChI is InChI=1S/C11H12Cl2O3/c1-6-15-10(5-14)11(16-6)8-3-2-7(12)4-9(8)13/h2-4,6,10-11,14H,5H2,1H3/t6-,10+,11+/m0/s1. The zero-order valence-electron chi connectivity index (χ0n) is 8.69. The molecule has 1 heterocycles. The average Bonchev–Trinajstić information content (AvgIpc) is 2.59. The van der Waals surface area contributed by atoms with E-state index in [1.54, 1.807) is 25.1 Å². The van der Waals surface area contributed by atoms with E-state index in [4.69, 9.17) is 32.7 Å². The minimum Gasteiger partial charge on any atom is -0.394 e. The lowest BCUT2D eigenvalue weighted by Crippen LogP contribution is -2.19. The first kappa shape index (κ1) is 12.1. The van der Waals surface area contributed by atoms with Gasteiger partial charge in [0.05, 0.1) is 6.61 Å². The molecule has 2 rings (SSSR count). The van der Waals surface area contributed by atoms with Crippen molar-refractivity contribution in [1.29, 1.82) is 0 Å². The smallest absolute Gasteiger partial charge is 0.156 e. The number of hydrogen-bond acceptors (Lipinski definition) is 3. The molecule has 1 aliphatic heterocycles. The van der Waals surface area contributed by atoms with Crippen molar-refractivity contribution in [2.45, 2.75) is 25.4 Å². The van der Waals surface area contributed by atoms with Crippen LogP contribution in [0, 0.1) is 0 Å². The van der Waals surface area contributed by atoms with Crippen molar-refractivity contribution in [1.82, 2.24) is 0 Å². The molecule has 3 atom stereocenters. The molecule has 0 bridgehead atoms. The zero-order valence-corrected chi connectivity index (χ0v) is 10.2. The Morgan fingerprint density at radius 2 is 2.06 bits per heavy atom. The number of halogens is 2. The predicted octanol–water partition coefficient (Wildman–Crippen LogP) is 2.79. The normalized spacial score (nSPS) is 29.6. The van der Waals surface area contributed by atoms with Crippen molar-refractivity contribution in [3.63, 3.8) is 0 Å². The molecule has 0 saturated carbocycles. The molecule has 1 aromatic rings. The number of aliphatic hydroxyl groups excluding tert-OH is 1. The SMILES string of the molecule is C[C@@H]1O[C@H](c2ccc(Cl)cc2Cl)[C@@H](CO)O1. The summed E-state index contributed by atoms with van der Waals surface area (Å²) in [4.78, 5) is 0. The number of benzene rings is 1. The van der Waals surface area contributed by atoms with Crippen molar-refractivity contribution in [2.24, 2.45) is 0 Å². The van der Waals surface area contributed by atoms with Crippen molar-refractivity contribution in [3.8, 4) is 0 Å². The highest BCUT2D eigenvalue weighted by Gasteiger charge is 2.35. The second-order valence-electron chi connectivity index (χ2n) is 3.65. The van der Waals surface area contributed by atoms with E-state index in [0.29, 0.717) is 10.0 Å². The highest BCUT2D eigenvalue weighted by molar-refractivity contribution is 6.35. The molecule has 0 amide bonds. The van der Waals surface area contributed by atoms with Crippen LogP contribution in [0.25, 0.3) is 0 Å². The Hall–Kier alpha value is -0.320. The van der Waals surface area contributed by atoms with Crippen molar-refractivity contribution in [3.05, 3.63) is 33.8 Å². The molecule has 1 aliphatic rings. The van der Waals surface area contributed by atoms with Crippen LogP contribution in [0.15, 0.2) is 18.2 Å². The lowest BCUT2D eigenvalue weighted by atomic mass is 10.1. The third-order valence-electron chi connectivity index (χ3n) is 2.49. The summed E-state index contributed by atoms with van der Waals surface area (Å²) in [6.45, 7) is 1.68. The van der Waals surface area contributed by atoms with E-state index in [9.17, 15) is 5.11 Å². The first-order valence-corrected chi connectivity index (χ1v) is 5.74. The van der Waals surface area contributed by atoms with Crippen LogP contribution in [-0.2, 0) is 9.47 Å². The van der Waals surface area contributed by atoms with Crippen LogP contribution in [0.4, 0.5) is 0 Å². The molecule has 16 heavy (non-hydrogen) atoms. The quantitative estimate of drug-likeness (QED) is 0.891. The van der Waals surface area contributed by atoms with Crippen molar-refractivity contribution in [2.75, 3.05) is 6.61 Å². The van der Waals surface area contributed by atoms with E-state index in [2.05, 4.69) is 0 Å². The largest absolute Gasteiger partial charge is 0.394 e. The molecule has 5 heteroatoms. The van der Waals surface area contributed by atoms with Gasteiger partial charge in [-0.2, -0.15) is 0 Å². The number of rotatable bonds is 2. The second-order valence-corrected chi connectivity index (χ2v) is 4.49. The fourth-order valence-electron chi connectivity index (χ4n) is 1.79. The molecule has 0 unspecified atom stereocenters. The molecule has 1 aromatic carbocycles. The number of hydrogen-bond donors (Lipinski definition) is 1. The van der Waals surface area contributed by atoms with Gasteiger partial charge in [-0.25, -0.2) is 0 Å². The Bertz CT molecular complexity index is 383. The maximum Gasteiger partial charge on any atom is 0.156 e. The highest BCUT2D eigenvalue weighted by atomic mass is 35.5. The molecule has 0 radical (unpaired) electrons. The summed E-state index contributed by atoms with van der Waals surface area (Å²) in [7, 11) is 0. The number of aliphatic hydroxyl groups is 1. The van der Waals surface area contributed by atoms with Gasteiger partial charge in [-0.15, -0.1) is 0 Å². The third-order valence-corrected chi connectivity index (χ3v) is 3.05. The first-order valence-electron chi connectivity index (χ1n) is 4.98. The minimum absolute atomic E-state index is 0.103. The molecule has 1 fully saturated rings. The van der Waals surface area contributed by atoms with E-state index in [0.717, 1.165) is 5.56 Å². The van der Waals surface area contributed by atoms with Crippen LogP contribution in [0.5, 0.6) is 0 Å². The van der Waals surface area contributed by atoms with Crippen LogP contribution in [-0.4, -0.2) is 24.1 Å². The van der Waals surface area contributed by atoms with Gasteiger partial charge < -0.3 is 14.6 Å². The number of ether oxygens (including phenoxy) is 2. The Kier molecular flexibility index (Phi) is 3.72. The molecule has 0 aliphatic carbocycles. The van der Waals surface area contributed by atoms with Gasteiger partial charge in [0, 0.05) is 15.6 Å². The monoisotopic (exact) mass is 262 g/mol. The van der Waals surface area contributed by atoms with Gasteiger partial charge in [0.2, 0.25) is 0 Å². The Morgan fingerprint density at radius 1 is 1.31 bits per heavy atom. The topological polar surface area (TPSA) is 38.7 Å². The van der Waals surface area contributed by atoms with Crippen molar-refractivity contribution < 1.29 is 14.6 Å². The second kappa shape index (κ2) is 4.90. The summed E-state index contributed by atoms with van der Waals surface area (Å²) in [5.41, 5.74) is 0.787. The van der Waals surface area contributed by atoms with Crippen LogP contribution < -0.4 is 0 Å². The maximum atomic E-state index is 9.19. The van der Waals surface area contributed by atoms with Crippen molar-refractivity contribution >= 4 is 23.2 Å². The fourth-order valence-corrected chi connectivity index (χ4v) is 2.30. The summed E-state index contributed by atoms with van der Waals surface area (Å²) in [5, 5.41) is 10.3. The van der Waals surface area contributed by atoms with Gasteiger partial charge in [0.25, 0.3) is 0 Å². The van der Waals surface area contributed by atoms with Crippen LogP contribution >= 0.6 is 23.2 Å². The average molecular weight is 263 g/mol. The van der Waals surface area contributed by atoms with Gasteiger partial charge in [-0.1, -0.05) is 29.3 Å².